The smallest absolute Gasteiger partial charge is 0.410 e. The number of fused-ring (bicyclic) bond motifs is 2. The Bertz CT molecular complexity index is 1850. The molecule has 3 aromatic rings. The summed E-state index contributed by atoms with van der Waals surface area (Å²) in [7, 11) is 0. The maximum absolute atomic E-state index is 12.3. The summed E-state index contributed by atoms with van der Waals surface area (Å²) in [6.45, 7) is 16.7. The molecule has 11 nitrogen and oxygen atoms in total. The molecule has 316 valence electrons. The number of benzene rings is 2. The minimum atomic E-state index is -0.797. The lowest BCUT2D eigenvalue weighted by Gasteiger charge is -2.37. The minimum absolute atomic E-state index is 0.0808. The molecule has 2 fully saturated rings. The highest BCUT2D eigenvalue weighted by molar-refractivity contribution is 5.79. The third kappa shape index (κ3) is 13.7. The number of carboxylic acids is 1. The molecule has 2 amide bonds. The summed E-state index contributed by atoms with van der Waals surface area (Å²) < 4.78 is 11.0. The molecule has 2 saturated heterocycles. The van der Waals surface area contributed by atoms with E-state index in [1.807, 2.05) is 76.9 Å². The van der Waals surface area contributed by atoms with Gasteiger partial charge in [0.15, 0.2) is 0 Å². The first-order valence-electron chi connectivity index (χ1n) is 21.3. The van der Waals surface area contributed by atoms with Crippen molar-refractivity contribution in [3.8, 4) is 0 Å². The number of Topliss-reactive ketones (excluding diaryl/α,β-unsaturated/α-hetero) is 1. The number of para-hydroxylation sites is 2. The zero-order valence-corrected chi connectivity index (χ0v) is 35.8. The molecule has 1 aromatic heterocycles. The summed E-state index contributed by atoms with van der Waals surface area (Å²) in [4.78, 5) is 56.1. The molecular weight excluding hydrogens is 733 g/mol. The van der Waals surface area contributed by atoms with Crippen LogP contribution < -0.4 is 5.32 Å². The molecule has 6 rings (SSSR count). The number of rotatable bonds is 10. The second-order valence-electron chi connectivity index (χ2n) is 18.7. The van der Waals surface area contributed by atoms with Crippen LogP contribution in [0.1, 0.15) is 117 Å². The van der Waals surface area contributed by atoms with Crippen molar-refractivity contribution < 1.29 is 33.8 Å². The fourth-order valence-corrected chi connectivity index (χ4v) is 8.66. The fraction of sp³-hybridized carbons (Fsp3) is 0.596. The summed E-state index contributed by atoms with van der Waals surface area (Å²) in [5.41, 5.74) is 3.53. The number of ketones is 1. The second kappa shape index (κ2) is 19.9. The van der Waals surface area contributed by atoms with Crippen molar-refractivity contribution in [2.75, 3.05) is 38.0 Å². The normalized spacial score (nSPS) is 18.8. The van der Waals surface area contributed by atoms with E-state index in [1.165, 1.54) is 11.3 Å². The zero-order valence-electron chi connectivity index (χ0n) is 35.8. The Labute approximate surface area is 345 Å². The van der Waals surface area contributed by atoms with Gasteiger partial charge in [0.05, 0.1) is 11.9 Å². The van der Waals surface area contributed by atoms with Gasteiger partial charge in [-0.1, -0.05) is 36.4 Å². The van der Waals surface area contributed by atoms with Crippen LogP contribution in [0.4, 0.5) is 15.3 Å². The zero-order chi connectivity index (χ0) is 42.0. The first kappa shape index (κ1) is 44.4. The van der Waals surface area contributed by atoms with Gasteiger partial charge in [0.1, 0.15) is 17.0 Å². The number of hydrogen-bond acceptors (Lipinski definition) is 8. The average Bonchev–Trinajstić information content (AvgIpc) is 3.16. The lowest BCUT2D eigenvalue weighted by atomic mass is 9.75. The molecule has 3 atom stereocenters. The number of anilines is 1. The summed E-state index contributed by atoms with van der Waals surface area (Å²) >= 11 is 0. The number of aliphatic carboxylic acids is 1. The molecule has 0 aliphatic carbocycles. The number of ether oxygens (including phenoxy) is 2. The molecule has 0 spiro atoms. The number of likely N-dealkylation sites (tertiary alicyclic amines) is 2. The third-order valence-corrected chi connectivity index (χ3v) is 11.6. The average molecular weight is 799 g/mol. The third-order valence-electron chi connectivity index (χ3n) is 11.6. The number of amides is 2. The number of aromatic nitrogens is 1. The molecule has 2 N–H and O–H groups in total. The van der Waals surface area contributed by atoms with Crippen LogP contribution in [0.2, 0.25) is 0 Å². The van der Waals surface area contributed by atoms with Crippen LogP contribution in [0.25, 0.3) is 10.9 Å². The number of piperidine rings is 2. The van der Waals surface area contributed by atoms with Gasteiger partial charge in [-0.2, -0.15) is 0 Å². The summed E-state index contributed by atoms with van der Waals surface area (Å²) in [6.07, 6.45) is 8.67. The van der Waals surface area contributed by atoms with Crippen LogP contribution in [-0.4, -0.2) is 87.8 Å². The Morgan fingerprint density at radius 1 is 0.793 bits per heavy atom. The fourth-order valence-electron chi connectivity index (χ4n) is 8.66. The van der Waals surface area contributed by atoms with Crippen molar-refractivity contribution in [2.24, 2.45) is 23.7 Å². The lowest BCUT2D eigenvalue weighted by Crippen LogP contribution is -2.42. The van der Waals surface area contributed by atoms with E-state index in [9.17, 15) is 24.3 Å². The first-order valence-corrected chi connectivity index (χ1v) is 21.3. The molecular formula is C47H66N4O7. The van der Waals surface area contributed by atoms with Crippen molar-refractivity contribution in [3.63, 3.8) is 0 Å². The number of nitrogens with one attached hydrogen (secondary N) is 1. The summed E-state index contributed by atoms with van der Waals surface area (Å²) in [5, 5.41) is 14.0. The van der Waals surface area contributed by atoms with Crippen molar-refractivity contribution in [1.82, 2.24) is 14.8 Å². The van der Waals surface area contributed by atoms with Crippen molar-refractivity contribution >= 4 is 40.5 Å². The predicted molar refractivity (Wildman–Crippen MR) is 228 cm³/mol. The maximum atomic E-state index is 12.3. The van der Waals surface area contributed by atoms with E-state index in [4.69, 9.17) is 9.47 Å². The molecule has 58 heavy (non-hydrogen) atoms. The molecule has 2 aromatic carbocycles. The Morgan fingerprint density at radius 2 is 1.34 bits per heavy atom. The summed E-state index contributed by atoms with van der Waals surface area (Å²) in [5.74, 6) is 1.22. The molecule has 3 aliphatic heterocycles. The molecule has 0 bridgehead atoms. The molecule has 4 heterocycles. The van der Waals surface area contributed by atoms with Crippen LogP contribution in [0, 0.1) is 23.7 Å². The highest BCUT2D eigenvalue weighted by Crippen LogP contribution is 2.37. The van der Waals surface area contributed by atoms with Gasteiger partial charge >= 0.3 is 18.2 Å². The highest BCUT2D eigenvalue weighted by atomic mass is 16.6. The van der Waals surface area contributed by atoms with Crippen LogP contribution in [0.5, 0.6) is 0 Å². The van der Waals surface area contributed by atoms with Crippen molar-refractivity contribution in [3.05, 3.63) is 71.9 Å². The van der Waals surface area contributed by atoms with Gasteiger partial charge < -0.3 is 34.5 Å². The number of hydrogen-bond donors (Lipinski definition) is 2. The second-order valence-corrected chi connectivity index (χ2v) is 18.7. The van der Waals surface area contributed by atoms with E-state index in [2.05, 4.69) is 40.6 Å². The molecule has 0 radical (unpaired) electrons. The first-order chi connectivity index (χ1) is 27.4. The van der Waals surface area contributed by atoms with E-state index in [-0.39, 0.29) is 30.3 Å². The van der Waals surface area contributed by atoms with Crippen LogP contribution in [0.15, 0.2) is 60.8 Å². The van der Waals surface area contributed by atoms with Crippen LogP contribution >= 0.6 is 0 Å². The number of nitrogens with zero attached hydrogens (tertiary/aromatic N) is 3. The molecule has 11 heteroatoms. The Hall–Kier alpha value is -4.67. The SMILES string of the molecule is CC(=O)C[C@H](CC1CCN(C(=O)OC(C)(C)C)CC1)C1CNc2ccccc2C1.CC(C)(C)OC(=O)N1CCC(C[C@@H](CC(=O)O)c2cnc3ccccc3c2)CC1. The van der Waals surface area contributed by atoms with Gasteiger partial charge in [-0.05, 0) is 152 Å². The Balaban J connectivity index is 0.000000221. The van der Waals surface area contributed by atoms with E-state index >= 15 is 0 Å². The molecule has 3 aliphatic rings. The monoisotopic (exact) mass is 798 g/mol. The minimum Gasteiger partial charge on any atom is -0.481 e. The lowest BCUT2D eigenvalue weighted by molar-refractivity contribution is -0.137. The largest absolute Gasteiger partial charge is 0.481 e. The maximum Gasteiger partial charge on any atom is 0.410 e. The Kier molecular flexibility index (Phi) is 15.2. The number of carbonyl (C=O) groups is 4. The van der Waals surface area contributed by atoms with Gasteiger partial charge in [0.25, 0.3) is 0 Å². The standard InChI is InChI=1S/C24H36N2O3.C23H30N2O4/c1-17(27)13-20(21-15-19-7-5-6-8-22(19)25-16-21)14-18-9-11-26(12-10-18)23(28)29-24(2,3)4;1-23(2,3)29-22(28)25-10-8-16(9-11-25)12-18(14-21(26)27)19-13-17-6-4-5-7-20(17)24-15-19/h5-8,18,20-21,25H,9-16H2,1-4H3;4-7,13,15-16,18H,8-12,14H2,1-3H3,(H,26,27)/t20-,21?;18-/m10/s1. The molecule has 1 unspecified atom stereocenters. The van der Waals surface area contributed by atoms with Crippen LogP contribution in [-0.2, 0) is 25.5 Å². The van der Waals surface area contributed by atoms with Gasteiger partial charge in [-0.25, -0.2) is 9.59 Å². The van der Waals surface area contributed by atoms with Gasteiger partial charge in [-0.15, -0.1) is 0 Å². The quantitative estimate of drug-likeness (QED) is 0.205. The van der Waals surface area contributed by atoms with E-state index in [0.29, 0.717) is 43.2 Å². The van der Waals surface area contributed by atoms with Crippen molar-refractivity contribution in [2.45, 2.75) is 123 Å². The van der Waals surface area contributed by atoms with Gasteiger partial charge in [0, 0.05) is 56.4 Å². The van der Waals surface area contributed by atoms with Crippen molar-refractivity contribution in [1.29, 1.82) is 0 Å². The number of carbonyl (C=O) groups excluding carboxylic acids is 3. The topological polar surface area (TPSA) is 138 Å². The van der Waals surface area contributed by atoms with E-state index < -0.39 is 17.2 Å². The predicted octanol–water partition coefficient (Wildman–Crippen LogP) is 9.73. The number of pyridine rings is 1. The van der Waals surface area contributed by atoms with E-state index in [1.54, 1.807) is 11.8 Å². The number of carboxylic acid groups (broad SMARTS) is 1. The van der Waals surface area contributed by atoms with E-state index in [0.717, 1.165) is 81.0 Å². The highest BCUT2D eigenvalue weighted by Gasteiger charge is 2.33. The van der Waals surface area contributed by atoms with Gasteiger partial charge in [0.2, 0.25) is 0 Å². The van der Waals surface area contributed by atoms with Gasteiger partial charge in [-0.3, -0.25) is 9.78 Å². The molecule has 0 saturated carbocycles. The van der Waals surface area contributed by atoms with Crippen LogP contribution in [0.3, 0.4) is 0 Å². The Morgan fingerprint density at radius 3 is 1.91 bits per heavy atom. The summed E-state index contributed by atoms with van der Waals surface area (Å²) in [6, 6.07) is 18.4.